The molecule has 1 amide bonds. The molecule has 0 radical (unpaired) electrons. The number of amides is 1. The van der Waals surface area contributed by atoms with Crippen LogP contribution in [0, 0.1) is 0 Å². The van der Waals surface area contributed by atoms with E-state index in [1.807, 2.05) is 30.3 Å². The molecule has 22 heavy (non-hydrogen) atoms. The molecule has 1 aromatic carbocycles. The molecular formula is C17H21NO4. The van der Waals surface area contributed by atoms with E-state index < -0.39 is 18.2 Å². The average Bonchev–Trinajstić information content (AvgIpc) is 3.30. The van der Waals surface area contributed by atoms with Gasteiger partial charge in [-0.25, -0.2) is 0 Å². The minimum Gasteiger partial charge on any atom is -0.388 e. The fourth-order valence-corrected chi connectivity index (χ4v) is 3.08. The third-order valence-corrected chi connectivity index (χ3v) is 4.30. The summed E-state index contributed by atoms with van der Waals surface area (Å²) < 4.78 is 11.3. The Hall–Kier alpha value is -1.69. The van der Waals surface area contributed by atoms with E-state index in [0.717, 1.165) is 5.56 Å². The summed E-state index contributed by atoms with van der Waals surface area (Å²) in [6.45, 7) is 6.21. The van der Waals surface area contributed by atoms with Crippen molar-refractivity contribution in [3.8, 4) is 0 Å². The van der Waals surface area contributed by atoms with Crippen LogP contribution in [0.1, 0.15) is 12.5 Å². The summed E-state index contributed by atoms with van der Waals surface area (Å²) in [5.74, 6) is -0.0897. The molecule has 0 spiro atoms. The van der Waals surface area contributed by atoms with Gasteiger partial charge in [0.05, 0.1) is 25.3 Å². The molecule has 0 aliphatic carbocycles. The number of likely N-dealkylation sites (tertiary alicyclic amines) is 1. The average molecular weight is 303 g/mol. The molecule has 2 aliphatic heterocycles. The number of benzene rings is 1. The van der Waals surface area contributed by atoms with Gasteiger partial charge in [-0.3, -0.25) is 4.79 Å². The highest BCUT2D eigenvalue weighted by molar-refractivity contribution is 5.74. The number of carbonyl (C=O) groups excluding carboxylic acids is 1. The molecule has 2 heterocycles. The van der Waals surface area contributed by atoms with Gasteiger partial charge in [-0.2, -0.15) is 0 Å². The molecule has 118 valence electrons. The molecule has 5 atom stereocenters. The Morgan fingerprint density at radius 2 is 2.27 bits per heavy atom. The number of carbonyl (C=O) groups is 1. The van der Waals surface area contributed by atoms with Crippen LogP contribution < -0.4 is 0 Å². The number of aliphatic hydroxyl groups excluding tert-OH is 1. The lowest BCUT2D eigenvalue weighted by Gasteiger charge is -2.39. The van der Waals surface area contributed by atoms with Gasteiger partial charge in [0.25, 0.3) is 0 Å². The zero-order chi connectivity index (χ0) is 15.7. The van der Waals surface area contributed by atoms with Crippen molar-refractivity contribution in [2.24, 2.45) is 0 Å². The van der Waals surface area contributed by atoms with E-state index >= 15 is 0 Å². The lowest BCUT2D eigenvalue weighted by molar-refractivity contribution is -0.141. The standard InChI is InChI=1S/C17H21NO4/c1-3-13(21-10-12-7-5-4-6-8-12)15-16(20)17-14(22-17)9-18(15)11(2)19/h3-8,13-17,20H,1,9-10H2,2H3/t13-,14-,15+,16+,17-/m0/s1. The monoisotopic (exact) mass is 303 g/mol. The first kappa shape index (κ1) is 15.2. The van der Waals surface area contributed by atoms with Crippen molar-refractivity contribution < 1.29 is 19.4 Å². The molecular weight excluding hydrogens is 282 g/mol. The van der Waals surface area contributed by atoms with Crippen LogP contribution in [0.4, 0.5) is 0 Å². The Bertz CT molecular complexity index is 547. The normalized spacial score (nSPS) is 31.3. The van der Waals surface area contributed by atoms with Gasteiger partial charge < -0.3 is 19.5 Å². The number of epoxide rings is 1. The van der Waals surface area contributed by atoms with E-state index in [-0.39, 0.29) is 18.1 Å². The number of ether oxygens (including phenoxy) is 2. The van der Waals surface area contributed by atoms with Gasteiger partial charge >= 0.3 is 0 Å². The predicted molar refractivity (Wildman–Crippen MR) is 81.1 cm³/mol. The molecule has 0 bridgehead atoms. The summed E-state index contributed by atoms with van der Waals surface area (Å²) in [7, 11) is 0. The van der Waals surface area contributed by atoms with Crippen molar-refractivity contribution in [2.45, 2.75) is 44.0 Å². The van der Waals surface area contributed by atoms with Crippen LogP contribution in [0.5, 0.6) is 0 Å². The van der Waals surface area contributed by atoms with E-state index in [9.17, 15) is 9.90 Å². The van der Waals surface area contributed by atoms with Gasteiger partial charge in [0.1, 0.15) is 18.3 Å². The maximum absolute atomic E-state index is 11.9. The summed E-state index contributed by atoms with van der Waals surface area (Å²) in [5, 5.41) is 10.5. The van der Waals surface area contributed by atoms with Crippen LogP contribution in [0.25, 0.3) is 0 Å². The van der Waals surface area contributed by atoms with Gasteiger partial charge in [0.2, 0.25) is 5.91 Å². The van der Waals surface area contributed by atoms with Gasteiger partial charge in [0, 0.05) is 6.92 Å². The summed E-state index contributed by atoms with van der Waals surface area (Å²) in [6, 6.07) is 9.33. The summed E-state index contributed by atoms with van der Waals surface area (Å²) >= 11 is 0. The van der Waals surface area contributed by atoms with Gasteiger partial charge in [-0.1, -0.05) is 36.4 Å². The lowest BCUT2D eigenvalue weighted by Crippen LogP contribution is -2.59. The molecule has 0 saturated carbocycles. The smallest absolute Gasteiger partial charge is 0.219 e. The van der Waals surface area contributed by atoms with Crippen LogP contribution >= 0.6 is 0 Å². The molecule has 0 aromatic heterocycles. The molecule has 1 N–H and O–H groups in total. The zero-order valence-electron chi connectivity index (χ0n) is 12.6. The van der Waals surface area contributed by atoms with Crippen LogP contribution in [0.2, 0.25) is 0 Å². The summed E-state index contributed by atoms with van der Waals surface area (Å²) in [4.78, 5) is 13.5. The summed E-state index contributed by atoms with van der Waals surface area (Å²) in [5.41, 5.74) is 1.04. The maximum atomic E-state index is 11.9. The number of fused-ring (bicyclic) bond motifs is 1. The highest BCUT2D eigenvalue weighted by Crippen LogP contribution is 2.36. The molecule has 3 rings (SSSR count). The molecule has 2 fully saturated rings. The Kier molecular flexibility index (Phi) is 4.29. The van der Waals surface area contributed by atoms with Crippen LogP contribution in [-0.4, -0.2) is 52.9 Å². The number of nitrogens with zero attached hydrogens (tertiary/aromatic N) is 1. The molecule has 5 nitrogen and oxygen atoms in total. The van der Waals surface area contributed by atoms with E-state index in [0.29, 0.717) is 13.2 Å². The Morgan fingerprint density at radius 3 is 2.91 bits per heavy atom. The number of hydrogen-bond donors (Lipinski definition) is 1. The largest absolute Gasteiger partial charge is 0.388 e. The summed E-state index contributed by atoms with van der Waals surface area (Å²) in [6.07, 6.45) is 0.221. The second kappa shape index (κ2) is 6.20. The maximum Gasteiger partial charge on any atom is 0.219 e. The van der Waals surface area contributed by atoms with Crippen molar-refractivity contribution in [1.82, 2.24) is 4.90 Å². The highest BCUT2D eigenvalue weighted by Gasteiger charge is 2.56. The van der Waals surface area contributed by atoms with Crippen LogP contribution in [0.15, 0.2) is 43.0 Å². The first-order chi connectivity index (χ1) is 10.6. The number of rotatable bonds is 5. The van der Waals surface area contributed by atoms with Crippen molar-refractivity contribution in [1.29, 1.82) is 0 Å². The van der Waals surface area contributed by atoms with E-state index in [2.05, 4.69) is 6.58 Å². The topological polar surface area (TPSA) is 62.3 Å². The molecule has 2 saturated heterocycles. The van der Waals surface area contributed by atoms with E-state index in [4.69, 9.17) is 9.47 Å². The fraction of sp³-hybridized carbons (Fsp3) is 0.471. The number of aliphatic hydroxyl groups is 1. The molecule has 1 aromatic rings. The second-order valence-corrected chi connectivity index (χ2v) is 5.79. The van der Waals surface area contributed by atoms with Gasteiger partial charge in [-0.15, -0.1) is 6.58 Å². The zero-order valence-corrected chi connectivity index (χ0v) is 12.6. The SMILES string of the molecule is C=C[C@H](OCc1ccccc1)[C@@H]1[C@@H](O)[C@H]2O[C@H]2CN1C(C)=O. The lowest BCUT2D eigenvalue weighted by atomic mass is 9.94. The van der Waals surface area contributed by atoms with E-state index in [1.54, 1.807) is 11.0 Å². The minimum atomic E-state index is -0.749. The first-order valence-corrected chi connectivity index (χ1v) is 7.50. The van der Waals surface area contributed by atoms with Gasteiger partial charge in [0.15, 0.2) is 0 Å². The van der Waals surface area contributed by atoms with Crippen LogP contribution in [-0.2, 0) is 20.9 Å². The number of piperidine rings is 1. The predicted octanol–water partition coefficient (Wildman–Crippen LogP) is 1.12. The van der Waals surface area contributed by atoms with Crippen LogP contribution in [0.3, 0.4) is 0 Å². The van der Waals surface area contributed by atoms with E-state index in [1.165, 1.54) is 6.92 Å². The first-order valence-electron chi connectivity index (χ1n) is 7.50. The van der Waals surface area contributed by atoms with Crippen molar-refractivity contribution in [3.05, 3.63) is 48.6 Å². The second-order valence-electron chi connectivity index (χ2n) is 5.79. The third kappa shape index (κ3) is 2.92. The van der Waals surface area contributed by atoms with Gasteiger partial charge in [-0.05, 0) is 5.56 Å². The quantitative estimate of drug-likeness (QED) is 0.654. The molecule has 0 unspecified atom stereocenters. The Balaban J connectivity index is 1.72. The Morgan fingerprint density at radius 1 is 1.55 bits per heavy atom. The van der Waals surface area contributed by atoms with Crippen molar-refractivity contribution >= 4 is 5.91 Å². The Labute approximate surface area is 130 Å². The molecule has 2 aliphatic rings. The van der Waals surface area contributed by atoms with Crippen molar-refractivity contribution in [2.75, 3.05) is 6.54 Å². The van der Waals surface area contributed by atoms with Crippen molar-refractivity contribution in [3.63, 3.8) is 0 Å². The third-order valence-electron chi connectivity index (χ3n) is 4.30. The number of hydrogen-bond acceptors (Lipinski definition) is 4. The highest BCUT2D eigenvalue weighted by atomic mass is 16.6. The minimum absolute atomic E-state index is 0.0465. The molecule has 5 heteroatoms. The fourth-order valence-electron chi connectivity index (χ4n) is 3.08.